The summed E-state index contributed by atoms with van der Waals surface area (Å²) < 4.78 is 0. The molecule has 0 nitrogen and oxygen atoms in total. The summed E-state index contributed by atoms with van der Waals surface area (Å²) in [5.74, 6) is 1.08. The van der Waals surface area contributed by atoms with Gasteiger partial charge in [0.05, 0.1) is 9.52 Å². The van der Waals surface area contributed by atoms with Crippen LogP contribution in [0.5, 0.6) is 0 Å². The van der Waals surface area contributed by atoms with Crippen molar-refractivity contribution in [1.82, 2.24) is 0 Å². The molecule has 0 aliphatic carbocycles. The fourth-order valence-electron chi connectivity index (χ4n) is 8.67. The van der Waals surface area contributed by atoms with Gasteiger partial charge in [-0.05, 0) is 60.8 Å². The van der Waals surface area contributed by atoms with Gasteiger partial charge in [-0.3, -0.25) is 0 Å². The third kappa shape index (κ3) is 10.6. The number of hydrogen-bond donors (Lipinski definition) is 0. The van der Waals surface area contributed by atoms with E-state index in [0.29, 0.717) is 11.8 Å². The molecule has 8 aromatic carbocycles. The van der Waals surface area contributed by atoms with Crippen molar-refractivity contribution in [2.24, 2.45) is 0 Å². The van der Waals surface area contributed by atoms with E-state index in [-0.39, 0.29) is 0 Å². The number of fused-ring (bicyclic) bond motifs is 5. The fourth-order valence-corrected chi connectivity index (χ4v) is 9.98. The summed E-state index contributed by atoms with van der Waals surface area (Å²) in [6, 6.07) is 54.5. The molecule has 0 saturated carbocycles. The first kappa shape index (κ1) is 45.7. The summed E-state index contributed by atoms with van der Waals surface area (Å²) in [6.07, 6.45) is 4.73. The molecule has 2 radical (unpaired) electrons. The second-order valence-corrected chi connectivity index (χ2v) is 21.5. The topological polar surface area (TPSA) is 0 Å². The summed E-state index contributed by atoms with van der Waals surface area (Å²) in [7, 11) is 10.7. The standard InChI is InChI=1S/2C22H25.C12H7Si.2ClH.Zr/c2*1-5-8-17-13-18-12-11-16(4)22(21(18)14-17)20-10-7-6-9-19(20)15(2)3;1-3-7-11-9(5-1)10-6-2-4-8-12(10)13-11;;;/h2*6-7,9-15H,5,8H2,1-4H3;1-7H;2*1H;/q3*-1;;;+2/p-2. The van der Waals surface area contributed by atoms with Crippen molar-refractivity contribution < 1.29 is 20.8 Å². The van der Waals surface area contributed by atoms with Gasteiger partial charge >= 0.3 is 37.9 Å². The van der Waals surface area contributed by atoms with Crippen molar-refractivity contribution in [3.8, 4) is 33.4 Å². The molecule has 9 rings (SSSR count). The van der Waals surface area contributed by atoms with Crippen LogP contribution in [0.3, 0.4) is 0 Å². The van der Waals surface area contributed by atoms with Gasteiger partial charge in [-0.1, -0.05) is 160 Å². The van der Waals surface area contributed by atoms with Gasteiger partial charge in [0.25, 0.3) is 0 Å². The van der Waals surface area contributed by atoms with E-state index in [0.717, 1.165) is 9.52 Å². The van der Waals surface area contributed by atoms with Crippen LogP contribution in [0, 0.1) is 19.9 Å². The molecule has 60 heavy (non-hydrogen) atoms. The maximum Gasteiger partial charge on any atom is 0.0920 e. The molecule has 0 bridgehead atoms. The van der Waals surface area contributed by atoms with Crippen LogP contribution in [0.15, 0.2) is 140 Å². The number of hydrogen-bond acceptors (Lipinski definition) is 0. The molecule has 0 spiro atoms. The molecule has 0 fully saturated rings. The molecular weight excluding hydrogens is 863 g/mol. The Kier molecular flexibility index (Phi) is 16.6. The van der Waals surface area contributed by atoms with Gasteiger partial charge in [-0.25, -0.2) is 0 Å². The van der Waals surface area contributed by atoms with E-state index in [9.17, 15) is 0 Å². The van der Waals surface area contributed by atoms with E-state index in [2.05, 4.69) is 195 Å². The molecule has 0 saturated heterocycles. The third-order valence-corrected chi connectivity index (χ3v) is 12.8. The van der Waals surface area contributed by atoms with Gasteiger partial charge in [0.15, 0.2) is 0 Å². The van der Waals surface area contributed by atoms with E-state index in [1.54, 1.807) is 0 Å². The van der Waals surface area contributed by atoms with Crippen LogP contribution in [0.1, 0.15) is 99.6 Å². The molecule has 306 valence electrons. The molecule has 0 aromatic heterocycles. The Labute approximate surface area is 381 Å². The first-order valence-electron chi connectivity index (χ1n) is 21.5. The zero-order valence-corrected chi connectivity index (χ0v) is 41.5. The van der Waals surface area contributed by atoms with Gasteiger partial charge in [-0.2, -0.15) is 41.6 Å². The van der Waals surface area contributed by atoms with Gasteiger partial charge in [0.1, 0.15) is 0 Å². The van der Waals surface area contributed by atoms with Gasteiger partial charge in [-0.15, -0.1) is 74.6 Å². The summed E-state index contributed by atoms with van der Waals surface area (Å²) in [5.41, 5.74) is 17.0. The predicted octanol–water partition coefficient (Wildman–Crippen LogP) is 15.7. The van der Waals surface area contributed by atoms with E-state index >= 15 is 0 Å². The smallest absolute Gasteiger partial charge is 0.0920 e. The van der Waals surface area contributed by atoms with E-state index in [4.69, 9.17) is 17.0 Å². The Morgan fingerprint density at radius 1 is 0.567 bits per heavy atom. The van der Waals surface area contributed by atoms with Crippen molar-refractivity contribution in [2.75, 3.05) is 0 Å². The number of halogens is 2. The monoisotopic (exact) mass is 917 g/mol. The first-order chi connectivity index (χ1) is 29.1. The molecule has 4 heteroatoms. The first-order valence-corrected chi connectivity index (χ1v) is 28.8. The second kappa shape index (κ2) is 21.8. The van der Waals surface area contributed by atoms with Crippen LogP contribution in [-0.2, 0) is 33.7 Å². The summed E-state index contributed by atoms with van der Waals surface area (Å²) in [5, 5.41) is 8.40. The Hall–Kier alpha value is -3.78. The van der Waals surface area contributed by atoms with Crippen LogP contribution in [0.25, 0.3) is 54.9 Å². The zero-order chi connectivity index (χ0) is 42.8. The van der Waals surface area contributed by atoms with Crippen LogP contribution in [-0.4, -0.2) is 9.52 Å². The third-order valence-electron chi connectivity index (χ3n) is 11.4. The summed E-state index contributed by atoms with van der Waals surface area (Å²) >= 11 is -0.826. The van der Waals surface area contributed by atoms with Crippen LogP contribution >= 0.6 is 17.0 Å². The van der Waals surface area contributed by atoms with Crippen LogP contribution in [0.4, 0.5) is 0 Å². The maximum atomic E-state index is 4.93. The average Bonchev–Trinajstić information content (AvgIpc) is 3.97. The molecule has 8 aromatic rings. The van der Waals surface area contributed by atoms with Crippen LogP contribution < -0.4 is 10.4 Å². The zero-order valence-electron chi connectivity index (χ0n) is 36.5. The Bertz CT molecular complexity index is 2460. The molecule has 1 heterocycles. The van der Waals surface area contributed by atoms with E-state index in [1.807, 2.05) is 6.07 Å². The van der Waals surface area contributed by atoms with Gasteiger partial charge < -0.3 is 0 Å². The fraction of sp³-hybridized carbons (Fsp3) is 0.250. The van der Waals surface area contributed by atoms with E-state index in [1.165, 1.54) is 124 Å². The molecular formula is C56H57Cl2SiZr-3. The Morgan fingerprint density at radius 2 is 1.00 bits per heavy atom. The molecule has 0 N–H and O–H groups in total. The average molecular weight is 920 g/mol. The van der Waals surface area contributed by atoms with Crippen molar-refractivity contribution in [2.45, 2.75) is 92.9 Å². The molecule has 1 aliphatic rings. The molecule has 0 amide bonds. The van der Waals surface area contributed by atoms with Gasteiger partial charge in [0, 0.05) is 0 Å². The molecule has 0 unspecified atom stereocenters. The van der Waals surface area contributed by atoms with Crippen LogP contribution in [0.2, 0.25) is 0 Å². The van der Waals surface area contributed by atoms with Crippen molar-refractivity contribution in [1.29, 1.82) is 0 Å². The quantitative estimate of drug-likeness (QED) is 0.105. The number of aryl methyl sites for hydroxylation is 4. The Morgan fingerprint density at radius 3 is 1.47 bits per heavy atom. The number of rotatable bonds is 8. The van der Waals surface area contributed by atoms with E-state index < -0.39 is 20.8 Å². The largest absolute Gasteiger partial charge is 0.184 e. The van der Waals surface area contributed by atoms with Crippen molar-refractivity contribution in [3.05, 3.63) is 179 Å². The Balaban J connectivity index is 0.000000150. The van der Waals surface area contributed by atoms with Crippen molar-refractivity contribution in [3.63, 3.8) is 0 Å². The minimum atomic E-state index is -0.826. The minimum absolute atomic E-state index is 0.538. The second-order valence-electron chi connectivity index (χ2n) is 16.4. The minimum Gasteiger partial charge on any atom is -0.184 e. The maximum absolute atomic E-state index is 4.93. The van der Waals surface area contributed by atoms with Gasteiger partial charge in [0.2, 0.25) is 0 Å². The predicted molar refractivity (Wildman–Crippen MR) is 263 cm³/mol. The molecule has 0 atom stereocenters. The SMILES string of the molecule is CCCc1cc2c(-c3ccccc3C(C)C)c(C)ccc2[cH-]1.CCCc1cc2c(-c3ccccc3C(C)C)c(C)ccc2[cH-]1.[Cl][Zr][Cl].[c-]1cccc2c1[Si]c1ccccc1-2. The summed E-state index contributed by atoms with van der Waals surface area (Å²) in [6.45, 7) is 18.1. The van der Waals surface area contributed by atoms with Crippen molar-refractivity contribution >= 4 is 58.5 Å². The normalized spacial score (nSPS) is 11.3. The number of benzene rings is 6. The molecule has 1 aliphatic heterocycles. The summed E-state index contributed by atoms with van der Waals surface area (Å²) in [4.78, 5) is 0.